The van der Waals surface area contributed by atoms with Crippen LogP contribution in [-0.2, 0) is 16.2 Å². The van der Waals surface area contributed by atoms with Gasteiger partial charge < -0.3 is 14.0 Å². The molecule has 1 heterocycles. The van der Waals surface area contributed by atoms with E-state index in [1.807, 2.05) is 17.6 Å². The first-order valence-corrected chi connectivity index (χ1v) is 12.1. The van der Waals surface area contributed by atoms with Crippen molar-refractivity contribution in [2.24, 2.45) is 0 Å². The van der Waals surface area contributed by atoms with Crippen LogP contribution in [0.25, 0.3) is 11.0 Å². The largest absolute Gasteiger partial charge is 0.465 e. The summed E-state index contributed by atoms with van der Waals surface area (Å²) in [7, 11) is 0.271. The topological polar surface area (TPSA) is 53.3 Å². The second-order valence-corrected chi connectivity index (χ2v) is 13.3. The van der Waals surface area contributed by atoms with E-state index in [1.165, 1.54) is 7.11 Å². The standard InChI is InChI=1S/C16H23BrN2O3Si/c1-11-18-15-13(16(20)21-2)8-12(17)9-14(15)19(11)10-22-6-7-23(3,4)5/h8-9H,6-7,10H2,1-5H3. The van der Waals surface area contributed by atoms with Crippen LogP contribution in [0.1, 0.15) is 16.2 Å². The minimum absolute atomic E-state index is 0.388. The lowest BCUT2D eigenvalue weighted by molar-refractivity contribution is 0.0602. The SMILES string of the molecule is COC(=O)c1cc(Br)cc2c1nc(C)n2COCC[Si](C)(C)C. The Hall–Kier alpha value is -1.18. The van der Waals surface area contributed by atoms with Gasteiger partial charge in [-0.3, -0.25) is 0 Å². The molecule has 0 N–H and O–H groups in total. The summed E-state index contributed by atoms with van der Waals surface area (Å²) >= 11 is 3.45. The van der Waals surface area contributed by atoms with Crippen molar-refractivity contribution < 1.29 is 14.3 Å². The Morgan fingerprint density at radius 3 is 2.65 bits per heavy atom. The fourth-order valence-electron chi connectivity index (χ4n) is 2.27. The molecule has 0 unspecified atom stereocenters. The van der Waals surface area contributed by atoms with Gasteiger partial charge in [-0.2, -0.15) is 0 Å². The van der Waals surface area contributed by atoms with Crippen molar-refractivity contribution in [1.82, 2.24) is 9.55 Å². The van der Waals surface area contributed by atoms with Crippen LogP contribution in [0, 0.1) is 6.92 Å². The highest BCUT2D eigenvalue weighted by molar-refractivity contribution is 9.10. The van der Waals surface area contributed by atoms with Crippen LogP contribution in [0.4, 0.5) is 0 Å². The molecule has 0 bridgehead atoms. The van der Waals surface area contributed by atoms with Crippen LogP contribution >= 0.6 is 15.9 Å². The van der Waals surface area contributed by atoms with Gasteiger partial charge in [0.05, 0.1) is 18.2 Å². The molecule has 0 aliphatic heterocycles. The van der Waals surface area contributed by atoms with Gasteiger partial charge in [-0.15, -0.1) is 0 Å². The summed E-state index contributed by atoms with van der Waals surface area (Å²) in [5.74, 6) is 0.428. The summed E-state index contributed by atoms with van der Waals surface area (Å²) in [6.45, 7) is 10.1. The Bertz CT molecular complexity index is 722. The molecule has 0 fully saturated rings. The van der Waals surface area contributed by atoms with Gasteiger partial charge in [-0.1, -0.05) is 35.6 Å². The number of ether oxygens (including phenoxy) is 2. The Morgan fingerprint density at radius 2 is 2.04 bits per heavy atom. The zero-order valence-corrected chi connectivity index (χ0v) is 16.9. The van der Waals surface area contributed by atoms with Crippen molar-refractivity contribution in [3.63, 3.8) is 0 Å². The van der Waals surface area contributed by atoms with Gasteiger partial charge in [0, 0.05) is 19.2 Å². The van der Waals surface area contributed by atoms with Crippen LogP contribution in [0.15, 0.2) is 16.6 Å². The molecular weight excluding hydrogens is 376 g/mol. The molecule has 0 atom stereocenters. The van der Waals surface area contributed by atoms with Crippen molar-refractivity contribution in [3.8, 4) is 0 Å². The smallest absolute Gasteiger partial charge is 0.340 e. The van der Waals surface area contributed by atoms with Gasteiger partial charge in [-0.25, -0.2) is 9.78 Å². The lowest BCUT2D eigenvalue weighted by Crippen LogP contribution is -2.22. The predicted octanol–water partition coefficient (Wildman–Crippen LogP) is 4.21. The minimum Gasteiger partial charge on any atom is -0.465 e. The number of benzene rings is 1. The first-order chi connectivity index (χ1) is 10.7. The molecule has 0 saturated heterocycles. The van der Waals surface area contributed by atoms with E-state index < -0.39 is 8.07 Å². The van der Waals surface area contributed by atoms with E-state index in [1.54, 1.807) is 6.07 Å². The van der Waals surface area contributed by atoms with Gasteiger partial charge in [0.2, 0.25) is 0 Å². The third-order valence-electron chi connectivity index (χ3n) is 3.63. The van der Waals surface area contributed by atoms with Crippen molar-refractivity contribution in [1.29, 1.82) is 0 Å². The maximum absolute atomic E-state index is 12.0. The van der Waals surface area contributed by atoms with Gasteiger partial charge in [0.25, 0.3) is 0 Å². The number of nitrogens with zero attached hydrogens (tertiary/aromatic N) is 2. The second kappa shape index (κ2) is 7.15. The van der Waals surface area contributed by atoms with E-state index >= 15 is 0 Å². The fraction of sp³-hybridized carbons (Fsp3) is 0.500. The number of fused-ring (bicyclic) bond motifs is 1. The zero-order valence-electron chi connectivity index (χ0n) is 14.3. The second-order valence-electron chi connectivity index (χ2n) is 6.75. The molecule has 0 radical (unpaired) electrons. The number of carbonyl (C=O) groups is 1. The number of imidazole rings is 1. The van der Waals surface area contributed by atoms with Crippen LogP contribution in [0.5, 0.6) is 0 Å². The predicted molar refractivity (Wildman–Crippen MR) is 97.6 cm³/mol. The molecular formula is C16H23BrN2O3Si. The molecule has 0 spiro atoms. The summed E-state index contributed by atoms with van der Waals surface area (Å²) in [6.07, 6.45) is 0. The van der Waals surface area contributed by atoms with E-state index in [0.29, 0.717) is 17.8 Å². The summed E-state index contributed by atoms with van der Waals surface area (Å²) in [6, 6.07) is 4.80. The van der Waals surface area contributed by atoms with Crippen molar-refractivity contribution in [2.75, 3.05) is 13.7 Å². The molecule has 0 amide bonds. The normalized spacial score (nSPS) is 11.9. The van der Waals surface area contributed by atoms with Gasteiger partial charge in [-0.05, 0) is 25.1 Å². The molecule has 0 aliphatic rings. The molecule has 2 rings (SSSR count). The number of hydrogen-bond donors (Lipinski definition) is 0. The van der Waals surface area contributed by atoms with Crippen LogP contribution in [0.2, 0.25) is 25.7 Å². The van der Waals surface area contributed by atoms with E-state index in [9.17, 15) is 4.79 Å². The lowest BCUT2D eigenvalue weighted by Gasteiger charge is -2.16. The molecule has 0 aliphatic carbocycles. The first kappa shape index (κ1) is 18.2. The average molecular weight is 399 g/mol. The highest BCUT2D eigenvalue weighted by Crippen LogP contribution is 2.26. The van der Waals surface area contributed by atoms with E-state index in [-0.39, 0.29) is 5.97 Å². The van der Waals surface area contributed by atoms with Crippen LogP contribution in [0.3, 0.4) is 0 Å². The lowest BCUT2D eigenvalue weighted by atomic mass is 10.2. The summed E-state index contributed by atoms with van der Waals surface area (Å²) in [5, 5.41) is 0. The fourth-order valence-corrected chi connectivity index (χ4v) is 3.47. The highest BCUT2D eigenvalue weighted by atomic mass is 79.9. The average Bonchev–Trinajstić information content (AvgIpc) is 2.77. The number of methoxy groups -OCH3 is 1. The number of halogens is 1. The van der Waals surface area contributed by atoms with Crippen molar-refractivity contribution in [2.45, 2.75) is 39.3 Å². The van der Waals surface area contributed by atoms with Gasteiger partial charge in [0.15, 0.2) is 0 Å². The Kier molecular flexibility index (Phi) is 5.64. The third kappa shape index (κ3) is 4.42. The van der Waals surface area contributed by atoms with E-state index in [0.717, 1.165) is 28.5 Å². The summed E-state index contributed by atoms with van der Waals surface area (Å²) in [4.78, 5) is 16.5. The Morgan fingerprint density at radius 1 is 1.35 bits per heavy atom. The van der Waals surface area contributed by atoms with Crippen LogP contribution in [-0.4, -0.2) is 37.3 Å². The Labute approximate surface area is 146 Å². The molecule has 1 aromatic carbocycles. The van der Waals surface area contributed by atoms with E-state index in [4.69, 9.17) is 9.47 Å². The first-order valence-electron chi connectivity index (χ1n) is 7.55. The molecule has 7 heteroatoms. The number of carbonyl (C=O) groups excluding carboxylic acids is 1. The molecule has 2 aromatic rings. The van der Waals surface area contributed by atoms with E-state index in [2.05, 4.69) is 40.6 Å². The van der Waals surface area contributed by atoms with Gasteiger partial charge >= 0.3 is 5.97 Å². The maximum Gasteiger partial charge on any atom is 0.340 e. The Balaban J connectivity index is 2.29. The highest BCUT2D eigenvalue weighted by Gasteiger charge is 2.18. The number of aryl methyl sites for hydroxylation is 1. The summed E-state index contributed by atoms with van der Waals surface area (Å²) in [5.41, 5.74) is 1.97. The zero-order chi connectivity index (χ0) is 17.2. The number of hydrogen-bond acceptors (Lipinski definition) is 4. The molecule has 5 nitrogen and oxygen atoms in total. The van der Waals surface area contributed by atoms with Gasteiger partial charge in [0.1, 0.15) is 18.1 Å². The summed E-state index contributed by atoms with van der Waals surface area (Å²) < 4.78 is 13.5. The van der Waals surface area contributed by atoms with Crippen molar-refractivity contribution >= 4 is 41.0 Å². The minimum atomic E-state index is -1.10. The number of aromatic nitrogens is 2. The molecule has 23 heavy (non-hydrogen) atoms. The molecule has 1 aromatic heterocycles. The molecule has 0 saturated carbocycles. The number of esters is 1. The molecule has 126 valence electrons. The number of rotatable bonds is 6. The third-order valence-corrected chi connectivity index (χ3v) is 5.79. The van der Waals surface area contributed by atoms with Crippen molar-refractivity contribution in [3.05, 3.63) is 28.0 Å². The van der Waals surface area contributed by atoms with Crippen LogP contribution < -0.4 is 0 Å². The quantitative estimate of drug-likeness (QED) is 0.415. The maximum atomic E-state index is 12.0. The monoisotopic (exact) mass is 398 g/mol.